The van der Waals surface area contributed by atoms with Crippen LogP contribution in [0.25, 0.3) is 0 Å². The fourth-order valence-corrected chi connectivity index (χ4v) is 3.96. The molecule has 0 saturated heterocycles. The number of nitrogens with one attached hydrogen (secondary N) is 1. The minimum atomic E-state index is -0.383. The fraction of sp³-hybridized carbons (Fsp3) is 0.286. The summed E-state index contributed by atoms with van der Waals surface area (Å²) in [6.07, 6.45) is 0. The Bertz CT molecular complexity index is 1350. The van der Waals surface area contributed by atoms with Crippen molar-refractivity contribution in [1.82, 2.24) is 9.78 Å². The number of hydrogen-bond acceptors (Lipinski definition) is 4. The zero-order chi connectivity index (χ0) is 25.1. The number of anilines is 1. The van der Waals surface area contributed by atoms with Gasteiger partial charge in [0.1, 0.15) is 23.9 Å². The molecule has 0 fully saturated rings. The van der Waals surface area contributed by atoms with Crippen molar-refractivity contribution >= 4 is 11.6 Å². The van der Waals surface area contributed by atoms with E-state index >= 15 is 0 Å². The van der Waals surface area contributed by atoms with Crippen LogP contribution in [0.4, 0.5) is 10.1 Å². The van der Waals surface area contributed by atoms with E-state index in [2.05, 4.69) is 36.4 Å². The molecule has 0 bridgehead atoms. The summed E-state index contributed by atoms with van der Waals surface area (Å²) in [7, 11) is 0. The molecule has 0 saturated carbocycles. The third kappa shape index (κ3) is 5.45. The SMILES string of the molecule is Cc1ccc(C(C)C)c(OCc2ccc(C(=O)Nc3c(C)nn(Cc4ccccc4F)c3C)o2)c1. The second kappa shape index (κ2) is 10.2. The van der Waals surface area contributed by atoms with Gasteiger partial charge >= 0.3 is 0 Å². The van der Waals surface area contributed by atoms with Crippen molar-refractivity contribution in [2.45, 2.75) is 53.7 Å². The summed E-state index contributed by atoms with van der Waals surface area (Å²) in [5.74, 6) is 1.20. The Kier molecular flexibility index (Phi) is 7.05. The van der Waals surface area contributed by atoms with Gasteiger partial charge < -0.3 is 14.5 Å². The summed E-state index contributed by atoms with van der Waals surface area (Å²) in [5.41, 5.74) is 4.73. The lowest BCUT2D eigenvalue weighted by atomic mass is 10.0. The zero-order valence-corrected chi connectivity index (χ0v) is 20.7. The lowest BCUT2D eigenvalue weighted by Crippen LogP contribution is -2.12. The van der Waals surface area contributed by atoms with Crippen LogP contribution in [0.3, 0.4) is 0 Å². The summed E-state index contributed by atoms with van der Waals surface area (Å²) >= 11 is 0. The van der Waals surface area contributed by atoms with Crippen LogP contribution in [0.1, 0.15) is 64.2 Å². The molecule has 2 aromatic carbocycles. The molecule has 7 heteroatoms. The van der Waals surface area contributed by atoms with Gasteiger partial charge in [0.15, 0.2) is 5.76 Å². The van der Waals surface area contributed by atoms with Gasteiger partial charge in [-0.1, -0.05) is 44.2 Å². The van der Waals surface area contributed by atoms with Crippen molar-refractivity contribution in [1.29, 1.82) is 0 Å². The molecule has 1 amide bonds. The molecule has 0 radical (unpaired) electrons. The van der Waals surface area contributed by atoms with Gasteiger partial charge in [0.25, 0.3) is 5.91 Å². The van der Waals surface area contributed by atoms with Crippen LogP contribution >= 0.6 is 0 Å². The van der Waals surface area contributed by atoms with E-state index in [1.54, 1.807) is 41.9 Å². The molecule has 0 spiro atoms. The molecule has 0 aliphatic heterocycles. The van der Waals surface area contributed by atoms with Gasteiger partial charge in [0.05, 0.1) is 23.6 Å². The molecule has 0 aliphatic carbocycles. The van der Waals surface area contributed by atoms with Crippen LogP contribution in [0.15, 0.2) is 59.0 Å². The highest BCUT2D eigenvalue weighted by molar-refractivity contribution is 6.02. The molecular weight excluding hydrogens is 445 g/mol. The third-order valence-electron chi connectivity index (χ3n) is 5.94. The van der Waals surface area contributed by atoms with Gasteiger partial charge in [-0.25, -0.2) is 4.39 Å². The molecule has 6 nitrogen and oxygen atoms in total. The maximum Gasteiger partial charge on any atom is 0.291 e. The van der Waals surface area contributed by atoms with E-state index in [0.717, 1.165) is 22.6 Å². The lowest BCUT2D eigenvalue weighted by molar-refractivity contribution is 0.0992. The number of aromatic nitrogens is 2. The van der Waals surface area contributed by atoms with Crippen molar-refractivity contribution < 1.29 is 18.3 Å². The summed E-state index contributed by atoms with van der Waals surface area (Å²) in [6.45, 7) is 10.4. The molecule has 0 atom stereocenters. The Labute approximate surface area is 204 Å². The van der Waals surface area contributed by atoms with E-state index in [-0.39, 0.29) is 30.6 Å². The minimum Gasteiger partial charge on any atom is -0.485 e. The van der Waals surface area contributed by atoms with Gasteiger partial charge in [-0.3, -0.25) is 9.48 Å². The quantitative estimate of drug-likeness (QED) is 0.314. The first-order valence-corrected chi connectivity index (χ1v) is 11.6. The summed E-state index contributed by atoms with van der Waals surface area (Å²) in [6, 6.07) is 16.1. The van der Waals surface area contributed by atoms with Crippen LogP contribution in [0, 0.1) is 26.6 Å². The number of aryl methyl sites for hydroxylation is 2. The second-order valence-electron chi connectivity index (χ2n) is 9.00. The zero-order valence-electron chi connectivity index (χ0n) is 20.7. The Morgan fingerprint density at radius 2 is 1.89 bits per heavy atom. The normalized spacial score (nSPS) is 11.2. The highest BCUT2D eigenvalue weighted by atomic mass is 19.1. The van der Waals surface area contributed by atoms with E-state index < -0.39 is 0 Å². The van der Waals surface area contributed by atoms with Gasteiger partial charge in [0.2, 0.25) is 0 Å². The maximum absolute atomic E-state index is 14.1. The first-order valence-electron chi connectivity index (χ1n) is 11.6. The van der Waals surface area contributed by atoms with Crippen molar-refractivity contribution in [2.24, 2.45) is 0 Å². The first kappa shape index (κ1) is 24.3. The summed E-state index contributed by atoms with van der Waals surface area (Å²) in [4.78, 5) is 12.9. The summed E-state index contributed by atoms with van der Waals surface area (Å²) in [5, 5.41) is 7.36. The van der Waals surface area contributed by atoms with Gasteiger partial charge in [-0.15, -0.1) is 0 Å². The highest BCUT2D eigenvalue weighted by Gasteiger charge is 2.19. The van der Waals surface area contributed by atoms with Gasteiger partial charge in [0, 0.05) is 5.56 Å². The van der Waals surface area contributed by atoms with Crippen LogP contribution in [0.2, 0.25) is 0 Å². The second-order valence-corrected chi connectivity index (χ2v) is 9.00. The predicted octanol–water partition coefficient (Wildman–Crippen LogP) is 6.54. The maximum atomic E-state index is 14.1. The van der Waals surface area contributed by atoms with E-state index in [4.69, 9.17) is 9.15 Å². The number of hydrogen-bond donors (Lipinski definition) is 1. The average molecular weight is 476 g/mol. The molecule has 0 unspecified atom stereocenters. The van der Waals surface area contributed by atoms with Gasteiger partial charge in [-0.2, -0.15) is 5.10 Å². The average Bonchev–Trinajstić information content (AvgIpc) is 3.39. The topological polar surface area (TPSA) is 69.3 Å². The Hall–Kier alpha value is -3.87. The highest BCUT2D eigenvalue weighted by Crippen LogP contribution is 2.28. The number of rotatable bonds is 8. The monoisotopic (exact) mass is 475 g/mol. The Balaban J connectivity index is 1.44. The number of furan rings is 1. The van der Waals surface area contributed by atoms with E-state index in [1.807, 2.05) is 19.9 Å². The smallest absolute Gasteiger partial charge is 0.291 e. The molecule has 2 aromatic heterocycles. The van der Waals surface area contributed by atoms with Gasteiger partial charge in [-0.05, 0) is 62.1 Å². The third-order valence-corrected chi connectivity index (χ3v) is 5.94. The molecule has 4 rings (SSSR count). The van der Waals surface area contributed by atoms with Crippen molar-refractivity contribution in [3.63, 3.8) is 0 Å². The van der Waals surface area contributed by atoms with E-state index in [1.165, 1.54) is 6.07 Å². The van der Waals surface area contributed by atoms with Crippen LogP contribution < -0.4 is 10.1 Å². The minimum absolute atomic E-state index is 0.178. The molecule has 182 valence electrons. The number of benzene rings is 2. The lowest BCUT2D eigenvalue weighted by Gasteiger charge is -2.14. The van der Waals surface area contributed by atoms with Crippen LogP contribution in [-0.2, 0) is 13.2 Å². The number of nitrogens with zero attached hydrogens (tertiary/aromatic N) is 2. The van der Waals surface area contributed by atoms with E-state index in [9.17, 15) is 9.18 Å². The number of amides is 1. The number of ether oxygens (including phenoxy) is 1. The summed E-state index contributed by atoms with van der Waals surface area (Å²) < 4.78 is 27.5. The standard InChI is InChI=1S/C28H30FN3O3/c1-17(2)23-12-10-18(3)14-26(23)34-16-22-11-13-25(35-22)28(33)30-27-19(4)31-32(20(27)5)15-21-8-6-7-9-24(21)29/h6-14,17H,15-16H2,1-5H3,(H,30,33). The number of halogens is 1. The Morgan fingerprint density at radius 1 is 1.11 bits per heavy atom. The fourth-order valence-electron chi connectivity index (χ4n) is 3.96. The Morgan fingerprint density at radius 3 is 2.63 bits per heavy atom. The molecule has 4 aromatic rings. The largest absolute Gasteiger partial charge is 0.485 e. The molecule has 0 aliphatic rings. The molecule has 2 heterocycles. The molecule has 1 N–H and O–H groups in total. The molecular formula is C28H30FN3O3. The number of carbonyl (C=O) groups is 1. The first-order chi connectivity index (χ1) is 16.7. The number of carbonyl (C=O) groups excluding carboxylic acids is 1. The van der Waals surface area contributed by atoms with E-state index in [0.29, 0.717) is 28.6 Å². The van der Waals surface area contributed by atoms with Crippen LogP contribution in [-0.4, -0.2) is 15.7 Å². The molecule has 35 heavy (non-hydrogen) atoms. The predicted molar refractivity (Wildman–Crippen MR) is 133 cm³/mol. The van der Waals surface area contributed by atoms with Crippen molar-refractivity contribution in [2.75, 3.05) is 5.32 Å². The van der Waals surface area contributed by atoms with Crippen molar-refractivity contribution in [3.8, 4) is 5.75 Å². The van der Waals surface area contributed by atoms with Crippen molar-refractivity contribution in [3.05, 3.63) is 100 Å². The van der Waals surface area contributed by atoms with Crippen LogP contribution in [0.5, 0.6) is 5.75 Å².